The van der Waals surface area contributed by atoms with Gasteiger partial charge in [0.05, 0.1) is 0 Å². The summed E-state index contributed by atoms with van der Waals surface area (Å²) in [7, 11) is 0. The molecule has 0 bridgehead atoms. The number of anilines is 1. The van der Waals surface area contributed by atoms with Crippen molar-refractivity contribution in [2.45, 2.75) is 39.0 Å². The molecular weight excluding hydrogens is 290 g/mol. The topological polar surface area (TPSA) is 21.3 Å². The number of ether oxygens (including phenoxy) is 1. The van der Waals surface area contributed by atoms with Crippen LogP contribution in [0.15, 0.2) is 54.6 Å². The van der Waals surface area contributed by atoms with Crippen molar-refractivity contribution in [2.24, 2.45) is 0 Å². The molecule has 2 rings (SSSR count). The van der Waals surface area contributed by atoms with Crippen LogP contribution in [0.1, 0.15) is 38.2 Å². The molecule has 0 aliphatic rings. The molecular formula is C19H23NOS. The van der Waals surface area contributed by atoms with E-state index in [9.17, 15) is 0 Å². The Labute approximate surface area is 138 Å². The molecule has 0 saturated carbocycles. The van der Waals surface area contributed by atoms with Gasteiger partial charge in [-0.1, -0.05) is 62.6 Å². The fourth-order valence-electron chi connectivity index (χ4n) is 2.32. The summed E-state index contributed by atoms with van der Waals surface area (Å²) in [5.41, 5.74) is 2.16. The Morgan fingerprint density at radius 3 is 2.45 bits per heavy atom. The van der Waals surface area contributed by atoms with Crippen LogP contribution in [-0.4, -0.2) is 5.17 Å². The Kier molecular flexibility index (Phi) is 6.91. The SMILES string of the molecule is CCCCCCc1ccccc1OC(=S)Nc1ccccc1. The zero-order chi connectivity index (χ0) is 15.6. The lowest BCUT2D eigenvalue weighted by atomic mass is 10.1. The first kappa shape index (κ1) is 16.5. The lowest BCUT2D eigenvalue weighted by Crippen LogP contribution is -2.17. The lowest BCUT2D eigenvalue weighted by molar-refractivity contribution is 0.549. The molecule has 2 aromatic rings. The standard InChI is InChI=1S/C19H23NOS/c1-2-3-4-6-11-16-12-9-10-15-18(16)21-19(22)20-17-13-7-5-8-14-17/h5,7-10,12-15H,2-4,6,11H2,1H3,(H,20,22). The third-order valence-corrected chi connectivity index (χ3v) is 3.68. The Morgan fingerprint density at radius 1 is 0.955 bits per heavy atom. The van der Waals surface area contributed by atoms with E-state index in [1.165, 1.54) is 31.2 Å². The molecule has 1 N–H and O–H groups in total. The molecule has 0 aliphatic carbocycles. The van der Waals surface area contributed by atoms with Crippen LogP contribution < -0.4 is 10.1 Å². The van der Waals surface area contributed by atoms with E-state index in [1.807, 2.05) is 42.5 Å². The first-order valence-electron chi connectivity index (χ1n) is 7.91. The van der Waals surface area contributed by atoms with E-state index < -0.39 is 0 Å². The van der Waals surface area contributed by atoms with Crippen LogP contribution in [0.5, 0.6) is 5.75 Å². The van der Waals surface area contributed by atoms with Gasteiger partial charge in [0.25, 0.3) is 5.17 Å². The minimum atomic E-state index is 0.382. The van der Waals surface area contributed by atoms with Crippen LogP contribution in [0.3, 0.4) is 0 Å². The molecule has 0 fully saturated rings. The minimum absolute atomic E-state index is 0.382. The first-order valence-corrected chi connectivity index (χ1v) is 8.32. The monoisotopic (exact) mass is 313 g/mol. The predicted octanol–water partition coefficient (Wildman–Crippen LogP) is 5.59. The molecule has 0 aromatic heterocycles. The number of benzene rings is 2. The van der Waals surface area contributed by atoms with Crippen LogP contribution in [0.25, 0.3) is 0 Å². The maximum atomic E-state index is 5.83. The van der Waals surface area contributed by atoms with Crippen LogP contribution >= 0.6 is 12.2 Å². The maximum Gasteiger partial charge on any atom is 0.266 e. The van der Waals surface area contributed by atoms with Crippen molar-refractivity contribution in [1.29, 1.82) is 0 Å². The van der Waals surface area contributed by atoms with Gasteiger partial charge in [0.2, 0.25) is 0 Å². The van der Waals surface area contributed by atoms with E-state index in [0.717, 1.165) is 17.9 Å². The number of thiocarbonyl (C=S) groups is 1. The second-order valence-electron chi connectivity index (χ2n) is 5.30. The Balaban J connectivity index is 1.92. The van der Waals surface area contributed by atoms with Gasteiger partial charge in [-0.3, -0.25) is 0 Å². The van der Waals surface area contributed by atoms with Gasteiger partial charge in [0, 0.05) is 5.69 Å². The van der Waals surface area contributed by atoms with Crippen molar-refractivity contribution in [3.05, 3.63) is 60.2 Å². The molecule has 0 spiro atoms. The largest absolute Gasteiger partial charge is 0.431 e. The summed E-state index contributed by atoms with van der Waals surface area (Å²) < 4.78 is 5.83. The van der Waals surface area contributed by atoms with Gasteiger partial charge in [0.1, 0.15) is 5.75 Å². The molecule has 0 saturated heterocycles. The van der Waals surface area contributed by atoms with Crippen LogP contribution in [0.2, 0.25) is 0 Å². The van der Waals surface area contributed by atoms with Gasteiger partial charge in [-0.15, -0.1) is 0 Å². The van der Waals surface area contributed by atoms with E-state index in [0.29, 0.717) is 5.17 Å². The second kappa shape index (κ2) is 9.21. The fraction of sp³-hybridized carbons (Fsp3) is 0.316. The summed E-state index contributed by atoms with van der Waals surface area (Å²) in [4.78, 5) is 0. The van der Waals surface area contributed by atoms with Gasteiger partial charge in [0.15, 0.2) is 0 Å². The number of nitrogens with one attached hydrogen (secondary N) is 1. The summed E-state index contributed by atoms with van der Waals surface area (Å²) in [5, 5.41) is 3.48. The quantitative estimate of drug-likeness (QED) is 0.532. The van der Waals surface area contributed by atoms with Gasteiger partial charge in [-0.25, -0.2) is 0 Å². The zero-order valence-electron chi connectivity index (χ0n) is 13.0. The molecule has 0 aliphatic heterocycles. The third-order valence-electron chi connectivity index (χ3n) is 3.50. The van der Waals surface area contributed by atoms with Crippen LogP contribution in [0, 0.1) is 0 Å². The van der Waals surface area contributed by atoms with Gasteiger partial charge >= 0.3 is 0 Å². The highest BCUT2D eigenvalue weighted by atomic mass is 32.1. The molecule has 3 heteroatoms. The van der Waals surface area contributed by atoms with Crippen molar-refractivity contribution in [3.8, 4) is 5.75 Å². The predicted molar refractivity (Wildman–Crippen MR) is 97.6 cm³/mol. The van der Waals surface area contributed by atoms with Crippen LogP contribution in [0.4, 0.5) is 5.69 Å². The van der Waals surface area contributed by atoms with Crippen molar-refractivity contribution in [1.82, 2.24) is 0 Å². The van der Waals surface area contributed by atoms with Gasteiger partial charge < -0.3 is 10.1 Å². The van der Waals surface area contributed by atoms with Crippen molar-refractivity contribution in [3.63, 3.8) is 0 Å². The Morgan fingerprint density at radius 2 is 1.68 bits per heavy atom. The molecule has 0 unspecified atom stereocenters. The minimum Gasteiger partial charge on any atom is -0.431 e. The average Bonchev–Trinajstić information content (AvgIpc) is 2.54. The normalized spacial score (nSPS) is 10.2. The Bertz CT molecular complexity index is 583. The fourth-order valence-corrected chi connectivity index (χ4v) is 2.52. The molecule has 0 heterocycles. The highest BCUT2D eigenvalue weighted by Gasteiger charge is 2.06. The number of rotatable bonds is 7. The third kappa shape index (κ3) is 5.49. The summed E-state index contributed by atoms with van der Waals surface area (Å²) in [6, 6.07) is 18.0. The molecule has 2 aromatic carbocycles. The summed E-state index contributed by atoms with van der Waals surface area (Å²) >= 11 is 5.30. The van der Waals surface area contributed by atoms with Gasteiger partial charge in [-0.05, 0) is 48.8 Å². The summed E-state index contributed by atoms with van der Waals surface area (Å²) in [6.07, 6.45) is 6.02. The molecule has 0 atom stereocenters. The lowest BCUT2D eigenvalue weighted by Gasteiger charge is -2.13. The maximum absolute atomic E-state index is 5.83. The molecule has 116 valence electrons. The van der Waals surface area contributed by atoms with E-state index in [4.69, 9.17) is 17.0 Å². The van der Waals surface area contributed by atoms with E-state index in [2.05, 4.69) is 24.4 Å². The number of hydrogen-bond acceptors (Lipinski definition) is 2. The molecule has 0 amide bonds. The second-order valence-corrected chi connectivity index (χ2v) is 5.67. The number of para-hydroxylation sites is 2. The van der Waals surface area contributed by atoms with Crippen molar-refractivity contribution in [2.75, 3.05) is 5.32 Å². The van der Waals surface area contributed by atoms with E-state index >= 15 is 0 Å². The first-order chi connectivity index (χ1) is 10.8. The molecule has 2 nitrogen and oxygen atoms in total. The molecule has 22 heavy (non-hydrogen) atoms. The summed E-state index contributed by atoms with van der Waals surface area (Å²) in [5.74, 6) is 0.854. The Hall–Kier alpha value is -1.87. The summed E-state index contributed by atoms with van der Waals surface area (Å²) in [6.45, 7) is 2.23. The highest BCUT2D eigenvalue weighted by molar-refractivity contribution is 7.80. The average molecular weight is 313 g/mol. The number of hydrogen-bond donors (Lipinski definition) is 1. The van der Waals surface area contributed by atoms with Crippen LogP contribution in [-0.2, 0) is 6.42 Å². The number of aryl methyl sites for hydroxylation is 1. The van der Waals surface area contributed by atoms with E-state index in [1.54, 1.807) is 0 Å². The smallest absolute Gasteiger partial charge is 0.266 e. The highest BCUT2D eigenvalue weighted by Crippen LogP contribution is 2.21. The van der Waals surface area contributed by atoms with Gasteiger partial charge in [-0.2, -0.15) is 0 Å². The zero-order valence-corrected chi connectivity index (χ0v) is 13.9. The molecule has 0 radical (unpaired) electrons. The van der Waals surface area contributed by atoms with Crippen molar-refractivity contribution < 1.29 is 4.74 Å². The van der Waals surface area contributed by atoms with E-state index in [-0.39, 0.29) is 0 Å². The number of unbranched alkanes of at least 4 members (excludes halogenated alkanes) is 3. The van der Waals surface area contributed by atoms with Crippen molar-refractivity contribution >= 4 is 23.1 Å².